The zero-order valence-corrected chi connectivity index (χ0v) is 11.9. The molecule has 1 N–H and O–H groups in total. The van der Waals surface area contributed by atoms with E-state index in [4.69, 9.17) is 0 Å². The fourth-order valence-electron chi connectivity index (χ4n) is 2.11. The van der Waals surface area contributed by atoms with E-state index >= 15 is 0 Å². The van der Waals surface area contributed by atoms with Crippen LogP contribution >= 0.6 is 0 Å². The van der Waals surface area contributed by atoms with E-state index < -0.39 is 0 Å². The SMILES string of the molecule is Cc1cc(C)nc(N/N=C/c2ccc3ncccc3c2)n1. The van der Waals surface area contributed by atoms with Gasteiger partial charge >= 0.3 is 0 Å². The van der Waals surface area contributed by atoms with Crippen molar-refractivity contribution < 1.29 is 0 Å². The quantitative estimate of drug-likeness (QED) is 0.590. The first-order chi connectivity index (χ1) is 10.2. The number of aryl methyl sites for hydroxylation is 2. The lowest BCUT2D eigenvalue weighted by atomic mass is 10.1. The van der Waals surface area contributed by atoms with Crippen LogP contribution in [-0.2, 0) is 0 Å². The van der Waals surface area contributed by atoms with Crippen LogP contribution in [0.5, 0.6) is 0 Å². The molecule has 3 aromatic rings. The van der Waals surface area contributed by atoms with Gasteiger partial charge in [0.1, 0.15) is 0 Å². The van der Waals surface area contributed by atoms with Crippen molar-refractivity contribution in [3.05, 3.63) is 59.5 Å². The maximum Gasteiger partial charge on any atom is 0.243 e. The Hall–Kier alpha value is -2.82. The molecule has 21 heavy (non-hydrogen) atoms. The Morgan fingerprint density at radius 3 is 2.67 bits per heavy atom. The highest BCUT2D eigenvalue weighted by Gasteiger charge is 1.97. The van der Waals surface area contributed by atoms with E-state index in [9.17, 15) is 0 Å². The number of hydrogen-bond acceptors (Lipinski definition) is 5. The maximum absolute atomic E-state index is 4.29. The minimum atomic E-state index is 0.506. The van der Waals surface area contributed by atoms with E-state index in [1.165, 1.54) is 0 Å². The molecule has 1 aromatic carbocycles. The van der Waals surface area contributed by atoms with Gasteiger partial charge in [-0.1, -0.05) is 12.1 Å². The predicted octanol–water partition coefficient (Wildman–Crippen LogP) is 3.09. The summed E-state index contributed by atoms with van der Waals surface area (Å²) in [4.78, 5) is 12.8. The van der Waals surface area contributed by atoms with Crippen molar-refractivity contribution in [3.63, 3.8) is 0 Å². The molecule has 0 fully saturated rings. The van der Waals surface area contributed by atoms with Crippen LogP contribution in [0, 0.1) is 13.8 Å². The minimum Gasteiger partial charge on any atom is -0.256 e. The van der Waals surface area contributed by atoms with Gasteiger partial charge in [0.05, 0.1) is 11.7 Å². The number of hydrazone groups is 1. The van der Waals surface area contributed by atoms with Gasteiger partial charge in [0.25, 0.3) is 0 Å². The average molecular weight is 277 g/mol. The summed E-state index contributed by atoms with van der Waals surface area (Å²) in [6.07, 6.45) is 3.53. The van der Waals surface area contributed by atoms with Gasteiger partial charge in [0.15, 0.2) is 0 Å². The molecule has 0 aliphatic carbocycles. The van der Waals surface area contributed by atoms with Crippen LogP contribution in [-0.4, -0.2) is 21.2 Å². The first-order valence-corrected chi connectivity index (χ1v) is 6.67. The molecule has 0 saturated heterocycles. The average Bonchev–Trinajstić information content (AvgIpc) is 2.46. The van der Waals surface area contributed by atoms with Crippen LogP contribution in [0.3, 0.4) is 0 Å². The number of pyridine rings is 1. The minimum absolute atomic E-state index is 0.506. The molecular formula is C16H15N5. The lowest BCUT2D eigenvalue weighted by Crippen LogP contribution is -1.99. The number of nitrogens with one attached hydrogen (secondary N) is 1. The Labute approximate surface area is 122 Å². The molecule has 0 atom stereocenters. The summed E-state index contributed by atoms with van der Waals surface area (Å²) in [5, 5.41) is 5.27. The molecule has 0 saturated carbocycles. The molecule has 3 rings (SSSR count). The van der Waals surface area contributed by atoms with Crippen LogP contribution in [0.1, 0.15) is 17.0 Å². The van der Waals surface area contributed by atoms with Gasteiger partial charge in [-0.25, -0.2) is 15.4 Å². The second kappa shape index (κ2) is 5.66. The molecule has 0 bridgehead atoms. The number of rotatable bonds is 3. The molecule has 2 heterocycles. The van der Waals surface area contributed by atoms with Gasteiger partial charge < -0.3 is 0 Å². The standard InChI is InChI=1S/C16H15N5/c1-11-8-12(2)20-16(19-11)21-18-10-13-5-6-15-14(9-13)4-3-7-17-15/h3-10H,1-2H3,(H,19,20,21)/b18-10+. The molecule has 5 heteroatoms. The van der Waals surface area contributed by atoms with Crippen LogP contribution in [0.2, 0.25) is 0 Å². The zero-order valence-electron chi connectivity index (χ0n) is 11.9. The number of aromatic nitrogens is 3. The highest BCUT2D eigenvalue weighted by molar-refractivity contribution is 5.88. The third-order valence-corrected chi connectivity index (χ3v) is 2.99. The van der Waals surface area contributed by atoms with Gasteiger partial charge in [-0.15, -0.1) is 0 Å². The molecule has 0 aliphatic rings. The number of anilines is 1. The van der Waals surface area contributed by atoms with Crippen LogP contribution in [0.4, 0.5) is 5.95 Å². The first-order valence-electron chi connectivity index (χ1n) is 6.67. The van der Waals surface area contributed by atoms with E-state index in [0.29, 0.717) is 5.95 Å². The third kappa shape index (κ3) is 3.20. The second-order valence-corrected chi connectivity index (χ2v) is 4.80. The fraction of sp³-hybridized carbons (Fsp3) is 0.125. The Balaban J connectivity index is 1.78. The van der Waals surface area contributed by atoms with Crippen LogP contribution in [0.25, 0.3) is 10.9 Å². The normalized spacial score (nSPS) is 11.1. The monoisotopic (exact) mass is 277 g/mol. The summed E-state index contributed by atoms with van der Waals surface area (Å²) in [7, 11) is 0. The van der Waals surface area contributed by atoms with Gasteiger partial charge in [0, 0.05) is 23.0 Å². The van der Waals surface area contributed by atoms with E-state index in [2.05, 4.69) is 25.5 Å². The molecule has 0 spiro atoms. The van der Waals surface area contributed by atoms with Crippen molar-refractivity contribution in [2.45, 2.75) is 13.8 Å². The summed E-state index contributed by atoms with van der Waals surface area (Å²) >= 11 is 0. The number of benzene rings is 1. The van der Waals surface area contributed by atoms with Crippen LogP contribution < -0.4 is 5.43 Å². The van der Waals surface area contributed by atoms with Crippen molar-refractivity contribution >= 4 is 23.1 Å². The van der Waals surface area contributed by atoms with E-state index in [1.807, 2.05) is 50.2 Å². The Kier molecular flexibility index (Phi) is 3.55. The van der Waals surface area contributed by atoms with Crippen LogP contribution in [0.15, 0.2) is 47.7 Å². The topological polar surface area (TPSA) is 63.1 Å². The van der Waals surface area contributed by atoms with E-state index in [0.717, 1.165) is 27.9 Å². The summed E-state index contributed by atoms with van der Waals surface area (Å²) < 4.78 is 0. The molecule has 0 radical (unpaired) electrons. The Bertz CT molecular complexity index is 790. The summed E-state index contributed by atoms with van der Waals surface area (Å²) in [6.45, 7) is 3.86. The van der Waals surface area contributed by atoms with E-state index in [1.54, 1.807) is 12.4 Å². The number of fused-ring (bicyclic) bond motifs is 1. The van der Waals surface area contributed by atoms with Gasteiger partial charge in [-0.05, 0) is 43.7 Å². The molecule has 0 aliphatic heterocycles. The zero-order chi connectivity index (χ0) is 14.7. The second-order valence-electron chi connectivity index (χ2n) is 4.80. The van der Waals surface area contributed by atoms with Crippen molar-refractivity contribution in [2.75, 3.05) is 5.43 Å². The molecule has 5 nitrogen and oxygen atoms in total. The van der Waals surface area contributed by atoms with Gasteiger partial charge in [-0.2, -0.15) is 5.10 Å². The first kappa shape index (κ1) is 13.2. The summed E-state index contributed by atoms with van der Waals surface area (Å²) in [6, 6.07) is 11.9. The van der Waals surface area contributed by atoms with Crippen molar-refractivity contribution in [1.29, 1.82) is 0 Å². The number of hydrogen-bond donors (Lipinski definition) is 1. The Morgan fingerprint density at radius 1 is 1.05 bits per heavy atom. The summed E-state index contributed by atoms with van der Waals surface area (Å²) in [5.41, 5.74) is 6.65. The number of nitrogens with zero attached hydrogens (tertiary/aromatic N) is 4. The lowest BCUT2D eigenvalue weighted by Gasteiger charge is -2.02. The summed E-state index contributed by atoms with van der Waals surface area (Å²) in [5.74, 6) is 0.506. The third-order valence-electron chi connectivity index (χ3n) is 2.99. The lowest BCUT2D eigenvalue weighted by molar-refractivity contribution is 1.04. The largest absolute Gasteiger partial charge is 0.256 e. The van der Waals surface area contributed by atoms with Gasteiger partial charge in [0.2, 0.25) is 5.95 Å². The molecular weight excluding hydrogens is 262 g/mol. The predicted molar refractivity (Wildman–Crippen MR) is 84.5 cm³/mol. The molecule has 104 valence electrons. The van der Waals surface area contributed by atoms with Crippen molar-refractivity contribution in [1.82, 2.24) is 15.0 Å². The highest BCUT2D eigenvalue weighted by Crippen LogP contribution is 2.12. The van der Waals surface area contributed by atoms with Crippen molar-refractivity contribution in [3.8, 4) is 0 Å². The molecule has 2 aromatic heterocycles. The van der Waals surface area contributed by atoms with E-state index in [-0.39, 0.29) is 0 Å². The Morgan fingerprint density at radius 2 is 1.86 bits per heavy atom. The fourth-order valence-corrected chi connectivity index (χ4v) is 2.11. The van der Waals surface area contributed by atoms with Gasteiger partial charge in [-0.3, -0.25) is 4.98 Å². The maximum atomic E-state index is 4.29. The highest BCUT2D eigenvalue weighted by atomic mass is 15.3. The smallest absolute Gasteiger partial charge is 0.243 e. The van der Waals surface area contributed by atoms with Crippen molar-refractivity contribution in [2.24, 2.45) is 5.10 Å². The molecule has 0 unspecified atom stereocenters. The molecule has 0 amide bonds.